The molecule has 16 heavy (non-hydrogen) atoms. The number of amides is 1. The third-order valence-electron chi connectivity index (χ3n) is 2.38. The van der Waals surface area contributed by atoms with Gasteiger partial charge in [0.15, 0.2) is 0 Å². The molecular formula is C11H13N3O2. The number of carbonyl (C=O) groups excluding carboxylic acids is 1. The molecule has 0 aromatic carbocycles. The Labute approximate surface area is 93.1 Å². The zero-order valence-electron chi connectivity index (χ0n) is 9.23. The summed E-state index contributed by atoms with van der Waals surface area (Å²) in [5.41, 5.74) is 0.592. The van der Waals surface area contributed by atoms with Crippen molar-refractivity contribution in [3.05, 3.63) is 41.9 Å². The summed E-state index contributed by atoms with van der Waals surface area (Å²) in [5, 5.41) is 0. The van der Waals surface area contributed by atoms with Gasteiger partial charge in [-0.05, 0) is 13.0 Å². The van der Waals surface area contributed by atoms with E-state index in [4.69, 9.17) is 4.42 Å². The highest BCUT2D eigenvalue weighted by Gasteiger charge is 2.16. The first-order valence-electron chi connectivity index (χ1n) is 4.96. The van der Waals surface area contributed by atoms with Gasteiger partial charge in [0.1, 0.15) is 11.6 Å². The van der Waals surface area contributed by atoms with E-state index in [-0.39, 0.29) is 5.91 Å². The van der Waals surface area contributed by atoms with Crippen LogP contribution in [-0.4, -0.2) is 27.8 Å². The lowest BCUT2D eigenvalue weighted by atomic mass is 10.2. The second kappa shape index (κ2) is 4.22. The molecule has 0 saturated carbocycles. The maximum absolute atomic E-state index is 12.0. The minimum absolute atomic E-state index is 0.0670. The van der Waals surface area contributed by atoms with Gasteiger partial charge in [0, 0.05) is 19.4 Å². The van der Waals surface area contributed by atoms with Crippen molar-refractivity contribution in [3.63, 3.8) is 0 Å². The predicted molar refractivity (Wildman–Crippen MR) is 57.8 cm³/mol. The molecule has 0 fully saturated rings. The Morgan fingerprint density at radius 1 is 1.62 bits per heavy atom. The summed E-state index contributed by atoms with van der Waals surface area (Å²) in [6, 6.07) is 1.68. The standard InChI is InChI=1S/C11H13N3O2/c1-8-9(3-6-16-8)11(15)14(2)7-10-12-4-5-13-10/h3-6H,7H2,1-2H3,(H,12,13). The lowest BCUT2D eigenvalue weighted by Crippen LogP contribution is -2.26. The highest BCUT2D eigenvalue weighted by molar-refractivity contribution is 5.94. The average molecular weight is 219 g/mol. The van der Waals surface area contributed by atoms with Gasteiger partial charge in [-0.25, -0.2) is 4.98 Å². The number of carbonyl (C=O) groups is 1. The third-order valence-corrected chi connectivity index (χ3v) is 2.38. The van der Waals surface area contributed by atoms with Crippen LogP contribution in [0.1, 0.15) is 21.9 Å². The topological polar surface area (TPSA) is 62.1 Å². The third kappa shape index (κ3) is 1.98. The van der Waals surface area contributed by atoms with Gasteiger partial charge in [0.05, 0.1) is 18.4 Å². The van der Waals surface area contributed by atoms with Crippen molar-refractivity contribution in [3.8, 4) is 0 Å². The van der Waals surface area contributed by atoms with Crippen LogP contribution in [0.4, 0.5) is 0 Å². The van der Waals surface area contributed by atoms with E-state index >= 15 is 0 Å². The van der Waals surface area contributed by atoms with Crippen molar-refractivity contribution in [2.45, 2.75) is 13.5 Å². The summed E-state index contributed by atoms with van der Waals surface area (Å²) in [6.45, 7) is 2.23. The molecule has 5 nitrogen and oxygen atoms in total. The van der Waals surface area contributed by atoms with Crippen LogP contribution >= 0.6 is 0 Å². The molecule has 0 bridgehead atoms. The van der Waals surface area contributed by atoms with Crippen LogP contribution in [-0.2, 0) is 6.54 Å². The first kappa shape index (κ1) is 10.5. The van der Waals surface area contributed by atoms with E-state index in [9.17, 15) is 4.79 Å². The van der Waals surface area contributed by atoms with Crippen LogP contribution in [0, 0.1) is 6.92 Å². The van der Waals surface area contributed by atoms with Gasteiger partial charge in [-0.15, -0.1) is 0 Å². The average Bonchev–Trinajstić information content (AvgIpc) is 2.88. The van der Waals surface area contributed by atoms with Crippen molar-refractivity contribution >= 4 is 5.91 Å². The molecule has 2 aromatic heterocycles. The predicted octanol–water partition coefficient (Wildman–Crippen LogP) is 1.58. The Morgan fingerprint density at radius 2 is 2.44 bits per heavy atom. The molecule has 1 amide bonds. The van der Waals surface area contributed by atoms with Gasteiger partial charge in [-0.1, -0.05) is 0 Å². The molecular weight excluding hydrogens is 206 g/mol. The lowest BCUT2D eigenvalue weighted by molar-refractivity contribution is 0.0780. The van der Waals surface area contributed by atoms with Gasteiger partial charge < -0.3 is 14.3 Å². The number of aromatic amines is 1. The molecule has 5 heteroatoms. The number of furan rings is 1. The molecule has 0 atom stereocenters. The maximum Gasteiger partial charge on any atom is 0.257 e. The fourth-order valence-corrected chi connectivity index (χ4v) is 1.49. The molecule has 84 valence electrons. The summed E-state index contributed by atoms with van der Waals surface area (Å²) in [5.74, 6) is 1.33. The molecule has 0 radical (unpaired) electrons. The highest BCUT2D eigenvalue weighted by Crippen LogP contribution is 2.12. The van der Waals surface area contributed by atoms with E-state index in [1.807, 2.05) is 0 Å². The quantitative estimate of drug-likeness (QED) is 0.852. The van der Waals surface area contributed by atoms with E-state index < -0.39 is 0 Å². The molecule has 1 N–H and O–H groups in total. The van der Waals surface area contributed by atoms with E-state index in [1.54, 1.807) is 37.3 Å². The molecule has 2 heterocycles. The molecule has 2 rings (SSSR count). The first-order chi connectivity index (χ1) is 7.68. The Morgan fingerprint density at radius 3 is 3.00 bits per heavy atom. The van der Waals surface area contributed by atoms with Crippen molar-refractivity contribution in [2.75, 3.05) is 7.05 Å². The maximum atomic E-state index is 12.0. The molecule has 0 aliphatic carbocycles. The lowest BCUT2D eigenvalue weighted by Gasteiger charge is -2.14. The molecule has 2 aromatic rings. The van der Waals surface area contributed by atoms with Crippen LogP contribution < -0.4 is 0 Å². The van der Waals surface area contributed by atoms with Gasteiger partial charge >= 0.3 is 0 Å². The summed E-state index contributed by atoms with van der Waals surface area (Å²) in [4.78, 5) is 20.6. The number of aryl methyl sites for hydroxylation is 1. The number of hydrogen-bond donors (Lipinski definition) is 1. The number of rotatable bonds is 3. The molecule has 0 aliphatic heterocycles. The largest absolute Gasteiger partial charge is 0.469 e. The molecule has 0 unspecified atom stereocenters. The van der Waals surface area contributed by atoms with Crippen LogP contribution in [0.15, 0.2) is 29.1 Å². The van der Waals surface area contributed by atoms with Crippen LogP contribution in [0.3, 0.4) is 0 Å². The fourth-order valence-electron chi connectivity index (χ4n) is 1.49. The molecule has 0 aliphatic rings. The summed E-state index contributed by atoms with van der Waals surface area (Å²) >= 11 is 0. The SMILES string of the molecule is Cc1occc1C(=O)N(C)Cc1ncc[nH]1. The fraction of sp³-hybridized carbons (Fsp3) is 0.273. The monoisotopic (exact) mass is 219 g/mol. The highest BCUT2D eigenvalue weighted by atomic mass is 16.3. The Hall–Kier alpha value is -2.04. The van der Waals surface area contributed by atoms with Crippen molar-refractivity contribution in [2.24, 2.45) is 0 Å². The van der Waals surface area contributed by atoms with Crippen molar-refractivity contribution in [1.29, 1.82) is 0 Å². The number of nitrogens with one attached hydrogen (secondary N) is 1. The zero-order valence-corrected chi connectivity index (χ0v) is 9.23. The zero-order chi connectivity index (χ0) is 11.5. The van der Waals surface area contributed by atoms with Gasteiger partial charge in [-0.2, -0.15) is 0 Å². The smallest absolute Gasteiger partial charge is 0.257 e. The Kier molecular flexibility index (Phi) is 2.76. The second-order valence-electron chi connectivity index (χ2n) is 3.59. The summed E-state index contributed by atoms with van der Waals surface area (Å²) in [6.07, 6.45) is 4.91. The minimum atomic E-state index is -0.0670. The van der Waals surface area contributed by atoms with Gasteiger partial charge in [-0.3, -0.25) is 4.79 Å². The number of H-pyrrole nitrogens is 1. The van der Waals surface area contributed by atoms with Gasteiger partial charge in [0.25, 0.3) is 5.91 Å². The second-order valence-corrected chi connectivity index (χ2v) is 3.59. The first-order valence-corrected chi connectivity index (χ1v) is 4.96. The number of aromatic nitrogens is 2. The minimum Gasteiger partial charge on any atom is -0.469 e. The summed E-state index contributed by atoms with van der Waals surface area (Å²) in [7, 11) is 1.73. The number of hydrogen-bond acceptors (Lipinski definition) is 3. The van der Waals surface area contributed by atoms with Crippen LogP contribution in [0.25, 0.3) is 0 Å². The van der Waals surface area contributed by atoms with E-state index in [2.05, 4.69) is 9.97 Å². The normalized spacial score (nSPS) is 10.4. The van der Waals surface area contributed by atoms with Crippen LogP contribution in [0.5, 0.6) is 0 Å². The number of nitrogens with zero attached hydrogens (tertiary/aromatic N) is 2. The van der Waals surface area contributed by atoms with Crippen molar-refractivity contribution in [1.82, 2.24) is 14.9 Å². The Bertz CT molecular complexity index is 473. The molecule has 0 saturated heterocycles. The number of imidazole rings is 1. The van der Waals surface area contributed by atoms with Crippen molar-refractivity contribution < 1.29 is 9.21 Å². The Balaban J connectivity index is 2.08. The summed E-state index contributed by atoms with van der Waals surface area (Å²) < 4.78 is 5.10. The van der Waals surface area contributed by atoms with E-state index in [1.165, 1.54) is 6.26 Å². The van der Waals surface area contributed by atoms with E-state index in [0.717, 1.165) is 5.82 Å². The van der Waals surface area contributed by atoms with Crippen LogP contribution in [0.2, 0.25) is 0 Å². The van der Waals surface area contributed by atoms with E-state index in [0.29, 0.717) is 17.9 Å². The molecule has 0 spiro atoms. The van der Waals surface area contributed by atoms with Gasteiger partial charge in [0.2, 0.25) is 0 Å².